The Labute approximate surface area is 145 Å². The molecule has 2 rings (SSSR count). The van der Waals surface area contributed by atoms with Gasteiger partial charge in [0.1, 0.15) is 0 Å². The molecule has 1 aliphatic carbocycles. The highest BCUT2D eigenvalue weighted by molar-refractivity contribution is 5.81. The number of hydrogen-bond acceptors (Lipinski definition) is 3. The Bertz CT molecular complexity index is 631. The average Bonchev–Trinajstić information content (AvgIpc) is 2.54. The number of carboxylic acids is 1. The fourth-order valence-electron chi connectivity index (χ4n) is 3.78. The van der Waals surface area contributed by atoms with Crippen LogP contribution in [-0.2, 0) is 10.2 Å². The van der Waals surface area contributed by atoms with Gasteiger partial charge >= 0.3 is 11.7 Å². The minimum atomic E-state index is -1.38. The summed E-state index contributed by atoms with van der Waals surface area (Å²) in [5.74, 6) is -3.37. The van der Waals surface area contributed by atoms with Crippen molar-refractivity contribution >= 4 is 11.7 Å². The van der Waals surface area contributed by atoms with Crippen LogP contribution < -0.4 is 0 Å². The maximum absolute atomic E-state index is 14.0. The second-order valence-electron chi connectivity index (χ2n) is 6.87. The van der Waals surface area contributed by atoms with Gasteiger partial charge in [0.05, 0.1) is 10.3 Å². The van der Waals surface area contributed by atoms with Crippen LogP contribution in [0.4, 0.5) is 14.5 Å². The summed E-state index contributed by atoms with van der Waals surface area (Å²) in [6.45, 7) is 2.12. The zero-order chi connectivity index (χ0) is 18.6. The molecule has 1 aromatic rings. The van der Waals surface area contributed by atoms with Gasteiger partial charge in [-0.15, -0.1) is 0 Å². The van der Waals surface area contributed by atoms with Gasteiger partial charge in [0, 0.05) is 0 Å². The lowest BCUT2D eigenvalue weighted by molar-refractivity contribution is -0.390. The van der Waals surface area contributed by atoms with E-state index in [1.165, 1.54) is 0 Å². The van der Waals surface area contributed by atoms with Crippen molar-refractivity contribution in [2.75, 3.05) is 0 Å². The van der Waals surface area contributed by atoms with Crippen LogP contribution in [0.1, 0.15) is 63.9 Å². The predicted molar refractivity (Wildman–Crippen MR) is 88.4 cm³/mol. The molecule has 0 aromatic heterocycles. The van der Waals surface area contributed by atoms with Gasteiger partial charge in [-0.05, 0) is 49.3 Å². The molecule has 0 heterocycles. The summed E-state index contributed by atoms with van der Waals surface area (Å²) in [5.41, 5.74) is -2.64. The summed E-state index contributed by atoms with van der Waals surface area (Å²) >= 11 is 0. The molecule has 1 N–H and O–H groups in total. The monoisotopic (exact) mass is 355 g/mol. The van der Waals surface area contributed by atoms with Crippen LogP contribution in [0.5, 0.6) is 0 Å². The summed E-state index contributed by atoms with van der Waals surface area (Å²) in [4.78, 5) is 21.5. The maximum atomic E-state index is 14.0. The smallest absolute Gasteiger partial charge is 0.340 e. The molecule has 1 fully saturated rings. The molecular formula is C18H23F2NO4. The number of carboxylic acid groups (broad SMARTS) is 1. The van der Waals surface area contributed by atoms with E-state index < -0.39 is 33.6 Å². The molecule has 0 saturated heterocycles. The standard InChI is InChI=1S/C18H23F2NO4/c1-2-3-4-5-12-6-8-18(9-7-12,17(22)23)13-10-14(19)16(21(24)25)15(20)11-13/h10-12H,2-9H2,1H3,(H,22,23). The van der Waals surface area contributed by atoms with Crippen molar-refractivity contribution in [1.29, 1.82) is 0 Å². The van der Waals surface area contributed by atoms with Crippen molar-refractivity contribution in [3.05, 3.63) is 39.4 Å². The molecule has 138 valence electrons. The third-order valence-electron chi connectivity index (χ3n) is 5.34. The predicted octanol–water partition coefficient (Wildman–Crippen LogP) is 4.97. The van der Waals surface area contributed by atoms with Crippen LogP contribution in [0.3, 0.4) is 0 Å². The van der Waals surface area contributed by atoms with E-state index in [0.717, 1.165) is 37.8 Å². The van der Waals surface area contributed by atoms with Gasteiger partial charge < -0.3 is 5.11 Å². The molecular weight excluding hydrogens is 332 g/mol. The number of rotatable bonds is 7. The van der Waals surface area contributed by atoms with E-state index in [4.69, 9.17) is 0 Å². The number of benzene rings is 1. The zero-order valence-electron chi connectivity index (χ0n) is 14.3. The quantitative estimate of drug-likeness (QED) is 0.425. The Hall–Kier alpha value is -2.05. The first-order chi connectivity index (χ1) is 11.8. The molecule has 5 nitrogen and oxygen atoms in total. The summed E-state index contributed by atoms with van der Waals surface area (Å²) < 4.78 is 27.9. The molecule has 1 aromatic carbocycles. The van der Waals surface area contributed by atoms with E-state index in [1.807, 2.05) is 0 Å². The highest BCUT2D eigenvalue weighted by Gasteiger charge is 2.44. The van der Waals surface area contributed by atoms with Gasteiger partial charge in [-0.3, -0.25) is 14.9 Å². The average molecular weight is 355 g/mol. The van der Waals surface area contributed by atoms with E-state index >= 15 is 0 Å². The molecule has 1 saturated carbocycles. The Morgan fingerprint density at radius 3 is 2.28 bits per heavy atom. The molecule has 0 bridgehead atoms. The lowest BCUT2D eigenvalue weighted by atomic mass is 9.66. The number of hydrogen-bond donors (Lipinski definition) is 1. The van der Waals surface area contributed by atoms with Gasteiger partial charge in [-0.2, -0.15) is 8.78 Å². The van der Waals surface area contributed by atoms with Gasteiger partial charge in [0.15, 0.2) is 0 Å². The number of nitrogens with zero attached hydrogens (tertiary/aromatic N) is 1. The molecule has 25 heavy (non-hydrogen) atoms. The minimum Gasteiger partial charge on any atom is -0.481 e. The van der Waals surface area contributed by atoms with Crippen LogP contribution in [0, 0.1) is 27.7 Å². The van der Waals surface area contributed by atoms with Crippen molar-refractivity contribution < 1.29 is 23.6 Å². The van der Waals surface area contributed by atoms with Crippen LogP contribution in [0.2, 0.25) is 0 Å². The van der Waals surface area contributed by atoms with Crippen molar-refractivity contribution in [3.8, 4) is 0 Å². The van der Waals surface area contributed by atoms with E-state index in [1.54, 1.807) is 0 Å². The van der Waals surface area contributed by atoms with Crippen molar-refractivity contribution in [2.24, 2.45) is 5.92 Å². The highest BCUT2D eigenvalue weighted by atomic mass is 19.1. The Kier molecular flexibility index (Phi) is 6.08. The first kappa shape index (κ1) is 19.3. The third kappa shape index (κ3) is 3.96. The van der Waals surface area contributed by atoms with Crippen LogP contribution >= 0.6 is 0 Å². The maximum Gasteiger partial charge on any atom is 0.340 e. The minimum absolute atomic E-state index is 0.0207. The number of aliphatic carboxylic acids is 1. The number of halogens is 2. The fraction of sp³-hybridized carbons (Fsp3) is 0.611. The number of nitro groups is 1. The second-order valence-corrected chi connectivity index (χ2v) is 6.87. The SMILES string of the molecule is CCCCCC1CCC(C(=O)O)(c2cc(F)c([N+](=O)[O-])c(F)c2)CC1. The fourth-order valence-corrected chi connectivity index (χ4v) is 3.78. The molecule has 7 heteroatoms. The Balaban J connectivity index is 2.25. The molecule has 0 spiro atoms. The van der Waals surface area contributed by atoms with Crippen LogP contribution in [-0.4, -0.2) is 16.0 Å². The normalized spacial score (nSPS) is 23.4. The van der Waals surface area contributed by atoms with Gasteiger partial charge in [-0.1, -0.05) is 32.6 Å². The lowest BCUT2D eigenvalue weighted by Crippen LogP contribution is -2.40. The van der Waals surface area contributed by atoms with Crippen molar-refractivity contribution in [3.63, 3.8) is 0 Å². The second kappa shape index (κ2) is 7.89. The summed E-state index contributed by atoms with van der Waals surface area (Å²) in [5, 5.41) is 20.4. The molecule has 1 aliphatic rings. The number of carbonyl (C=O) groups is 1. The highest BCUT2D eigenvalue weighted by Crippen LogP contribution is 2.44. The van der Waals surface area contributed by atoms with Gasteiger partial charge in [0.25, 0.3) is 0 Å². The van der Waals surface area contributed by atoms with E-state index in [0.29, 0.717) is 18.8 Å². The topological polar surface area (TPSA) is 80.4 Å². The lowest BCUT2D eigenvalue weighted by Gasteiger charge is -2.37. The van der Waals surface area contributed by atoms with Crippen molar-refractivity contribution in [1.82, 2.24) is 0 Å². The van der Waals surface area contributed by atoms with Gasteiger partial charge in [0.2, 0.25) is 11.6 Å². The molecule has 0 radical (unpaired) electrons. The summed E-state index contributed by atoms with van der Waals surface area (Å²) in [6.07, 6.45) is 6.32. The summed E-state index contributed by atoms with van der Waals surface area (Å²) in [7, 11) is 0. The number of nitro benzene ring substituents is 1. The first-order valence-corrected chi connectivity index (χ1v) is 8.69. The van der Waals surface area contributed by atoms with Crippen molar-refractivity contribution in [2.45, 2.75) is 63.7 Å². The van der Waals surface area contributed by atoms with Gasteiger partial charge in [-0.25, -0.2) is 0 Å². The third-order valence-corrected chi connectivity index (χ3v) is 5.34. The Morgan fingerprint density at radius 1 is 1.28 bits per heavy atom. The van der Waals surface area contributed by atoms with E-state index in [2.05, 4.69) is 6.92 Å². The molecule has 0 amide bonds. The Morgan fingerprint density at radius 2 is 1.84 bits per heavy atom. The zero-order valence-corrected chi connectivity index (χ0v) is 14.3. The molecule has 0 atom stereocenters. The largest absolute Gasteiger partial charge is 0.481 e. The van der Waals surface area contributed by atoms with E-state index in [9.17, 15) is 28.8 Å². The molecule has 0 aliphatic heterocycles. The van der Waals surface area contributed by atoms with Crippen LogP contribution in [0.15, 0.2) is 12.1 Å². The molecule has 0 unspecified atom stereocenters. The number of unbranched alkanes of at least 4 members (excludes halogenated alkanes) is 2. The van der Waals surface area contributed by atoms with Crippen LogP contribution in [0.25, 0.3) is 0 Å². The van der Waals surface area contributed by atoms with E-state index in [-0.39, 0.29) is 18.4 Å². The first-order valence-electron chi connectivity index (χ1n) is 8.69. The summed E-state index contributed by atoms with van der Waals surface area (Å²) in [6, 6.07) is 1.62.